The largest absolute Gasteiger partial charge is 0.491 e. The molecule has 6 nitrogen and oxygen atoms in total. The second-order valence-electron chi connectivity index (χ2n) is 6.85. The minimum absolute atomic E-state index is 0.0389. The molecule has 0 saturated heterocycles. The molecule has 6 heteroatoms. The summed E-state index contributed by atoms with van der Waals surface area (Å²) in [6, 6.07) is 13.2. The number of carbonyl (C=O) groups is 1. The molecule has 0 amide bonds. The highest BCUT2D eigenvalue weighted by Gasteiger charge is 2.24. The Balaban J connectivity index is 1.85. The van der Waals surface area contributed by atoms with Gasteiger partial charge in [-0.25, -0.2) is 9.78 Å². The van der Waals surface area contributed by atoms with E-state index < -0.39 is 5.97 Å². The fourth-order valence-corrected chi connectivity index (χ4v) is 3.86. The SMILES string of the molecule is O=C(O)c1ccc2c(c1)nc(-c1cccc(OCCO)c1)n2C1CCCC1. The summed E-state index contributed by atoms with van der Waals surface area (Å²) in [6.07, 6.45) is 4.58. The van der Waals surface area contributed by atoms with Crippen molar-refractivity contribution < 1.29 is 19.7 Å². The lowest BCUT2D eigenvalue weighted by Gasteiger charge is -2.17. The number of carboxylic acids is 1. The molecule has 1 saturated carbocycles. The van der Waals surface area contributed by atoms with Gasteiger partial charge in [-0.05, 0) is 43.2 Å². The molecule has 140 valence electrons. The quantitative estimate of drug-likeness (QED) is 0.691. The molecule has 1 heterocycles. The van der Waals surface area contributed by atoms with E-state index in [2.05, 4.69) is 4.57 Å². The summed E-state index contributed by atoms with van der Waals surface area (Å²) >= 11 is 0. The predicted molar refractivity (Wildman–Crippen MR) is 102 cm³/mol. The van der Waals surface area contributed by atoms with Crippen LogP contribution < -0.4 is 4.74 Å². The van der Waals surface area contributed by atoms with Crippen molar-refractivity contribution in [1.82, 2.24) is 9.55 Å². The predicted octanol–water partition coefficient (Wildman–Crippen LogP) is 3.89. The van der Waals surface area contributed by atoms with E-state index in [0.717, 1.165) is 29.7 Å². The summed E-state index contributed by atoms with van der Waals surface area (Å²) in [5, 5.41) is 18.3. The number of ether oxygens (including phenoxy) is 1. The van der Waals surface area contributed by atoms with E-state index in [1.165, 1.54) is 12.8 Å². The van der Waals surface area contributed by atoms with E-state index >= 15 is 0 Å². The topological polar surface area (TPSA) is 84.6 Å². The Hall–Kier alpha value is -2.86. The maximum atomic E-state index is 11.3. The summed E-state index contributed by atoms with van der Waals surface area (Å²) < 4.78 is 7.79. The Morgan fingerprint density at radius 2 is 2.00 bits per heavy atom. The maximum Gasteiger partial charge on any atom is 0.335 e. The van der Waals surface area contributed by atoms with E-state index in [9.17, 15) is 9.90 Å². The third-order valence-electron chi connectivity index (χ3n) is 5.08. The van der Waals surface area contributed by atoms with Crippen LogP contribution in [0.5, 0.6) is 5.75 Å². The fourth-order valence-electron chi connectivity index (χ4n) is 3.86. The second-order valence-corrected chi connectivity index (χ2v) is 6.85. The Labute approximate surface area is 157 Å². The molecule has 0 unspecified atom stereocenters. The number of rotatable bonds is 6. The summed E-state index contributed by atoms with van der Waals surface area (Å²) in [6.45, 7) is 0.202. The normalized spacial score (nSPS) is 14.7. The van der Waals surface area contributed by atoms with Crippen LogP contribution in [0.15, 0.2) is 42.5 Å². The monoisotopic (exact) mass is 366 g/mol. The van der Waals surface area contributed by atoms with Gasteiger partial charge in [0, 0.05) is 11.6 Å². The number of carboxylic acid groups (broad SMARTS) is 1. The van der Waals surface area contributed by atoms with Crippen molar-refractivity contribution in [3.63, 3.8) is 0 Å². The molecular weight excluding hydrogens is 344 g/mol. The molecular formula is C21H22N2O4. The van der Waals surface area contributed by atoms with E-state index in [0.29, 0.717) is 17.3 Å². The van der Waals surface area contributed by atoms with Gasteiger partial charge in [0.2, 0.25) is 0 Å². The Kier molecular flexibility index (Phi) is 4.81. The zero-order chi connectivity index (χ0) is 18.8. The third-order valence-corrected chi connectivity index (χ3v) is 5.08. The van der Waals surface area contributed by atoms with E-state index in [1.54, 1.807) is 12.1 Å². The zero-order valence-electron chi connectivity index (χ0n) is 15.0. The lowest BCUT2D eigenvalue weighted by atomic mass is 10.1. The minimum atomic E-state index is -0.951. The maximum absolute atomic E-state index is 11.3. The second kappa shape index (κ2) is 7.40. The first kappa shape index (κ1) is 17.5. The number of hydrogen-bond donors (Lipinski definition) is 2. The van der Waals surface area contributed by atoms with Crippen molar-refractivity contribution in [2.75, 3.05) is 13.2 Å². The van der Waals surface area contributed by atoms with Gasteiger partial charge in [0.1, 0.15) is 18.2 Å². The van der Waals surface area contributed by atoms with Crippen LogP contribution in [-0.2, 0) is 0 Å². The van der Waals surface area contributed by atoms with Gasteiger partial charge in [-0.2, -0.15) is 0 Å². The van der Waals surface area contributed by atoms with Gasteiger partial charge in [0.15, 0.2) is 0 Å². The molecule has 0 spiro atoms. The molecule has 2 N–H and O–H groups in total. The van der Waals surface area contributed by atoms with Gasteiger partial charge in [-0.3, -0.25) is 0 Å². The number of aromatic carboxylic acids is 1. The number of benzene rings is 2. The highest BCUT2D eigenvalue weighted by atomic mass is 16.5. The average molecular weight is 366 g/mol. The molecule has 0 radical (unpaired) electrons. The first-order chi connectivity index (χ1) is 13.2. The Bertz CT molecular complexity index is 973. The van der Waals surface area contributed by atoms with Gasteiger partial charge >= 0.3 is 5.97 Å². The fraction of sp³-hybridized carbons (Fsp3) is 0.333. The molecule has 0 bridgehead atoms. The number of aliphatic hydroxyl groups excluding tert-OH is 1. The molecule has 0 atom stereocenters. The number of imidazole rings is 1. The lowest BCUT2D eigenvalue weighted by Crippen LogP contribution is -2.07. The highest BCUT2D eigenvalue weighted by molar-refractivity contribution is 5.93. The van der Waals surface area contributed by atoms with Crippen LogP contribution in [0.25, 0.3) is 22.4 Å². The van der Waals surface area contributed by atoms with Crippen LogP contribution in [0.2, 0.25) is 0 Å². The van der Waals surface area contributed by atoms with Gasteiger partial charge in [0.05, 0.1) is 23.2 Å². The van der Waals surface area contributed by atoms with Gasteiger partial charge in [-0.1, -0.05) is 25.0 Å². The van der Waals surface area contributed by atoms with E-state index in [-0.39, 0.29) is 18.8 Å². The average Bonchev–Trinajstić information content (AvgIpc) is 3.33. The van der Waals surface area contributed by atoms with Gasteiger partial charge in [0.25, 0.3) is 0 Å². The highest BCUT2D eigenvalue weighted by Crippen LogP contribution is 2.37. The summed E-state index contributed by atoms with van der Waals surface area (Å²) in [5.74, 6) is 0.556. The van der Waals surface area contributed by atoms with Crippen molar-refractivity contribution in [3.05, 3.63) is 48.0 Å². The molecule has 3 aromatic rings. The number of nitrogens with zero attached hydrogens (tertiary/aromatic N) is 2. The van der Waals surface area contributed by atoms with Crippen molar-refractivity contribution in [1.29, 1.82) is 0 Å². The first-order valence-electron chi connectivity index (χ1n) is 9.27. The van der Waals surface area contributed by atoms with Crippen LogP contribution in [-0.4, -0.2) is 38.9 Å². The van der Waals surface area contributed by atoms with Gasteiger partial charge < -0.3 is 19.5 Å². The Morgan fingerprint density at radius 1 is 1.19 bits per heavy atom. The lowest BCUT2D eigenvalue weighted by molar-refractivity contribution is 0.0697. The first-order valence-corrected chi connectivity index (χ1v) is 9.27. The van der Waals surface area contributed by atoms with Crippen LogP contribution >= 0.6 is 0 Å². The standard InChI is InChI=1S/C21H22N2O4/c24-10-11-27-17-7-3-4-14(12-17)20-22-18-13-15(21(25)26)8-9-19(18)23(20)16-5-1-2-6-16/h3-4,7-9,12-13,16,24H,1-2,5-6,10-11H2,(H,25,26). The van der Waals surface area contributed by atoms with Crippen LogP contribution in [0, 0.1) is 0 Å². The van der Waals surface area contributed by atoms with Crippen LogP contribution in [0.4, 0.5) is 0 Å². The van der Waals surface area contributed by atoms with Crippen LogP contribution in [0.1, 0.15) is 42.1 Å². The van der Waals surface area contributed by atoms with Crippen molar-refractivity contribution in [3.8, 4) is 17.1 Å². The van der Waals surface area contributed by atoms with Gasteiger partial charge in [-0.15, -0.1) is 0 Å². The smallest absolute Gasteiger partial charge is 0.335 e. The molecule has 2 aromatic carbocycles. The molecule has 1 aliphatic carbocycles. The number of hydrogen-bond acceptors (Lipinski definition) is 4. The van der Waals surface area contributed by atoms with Crippen molar-refractivity contribution in [2.24, 2.45) is 0 Å². The molecule has 1 aromatic heterocycles. The summed E-state index contributed by atoms with van der Waals surface area (Å²) in [4.78, 5) is 16.1. The zero-order valence-corrected chi connectivity index (χ0v) is 15.0. The Morgan fingerprint density at radius 3 is 2.74 bits per heavy atom. The van der Waals surface area contributed by atoms with E-state index in [4.69, 9.17) is 14.8 Å². The van der Waals surface area contributed by atoms with Crippen LogP contribution in [0.3, 0.4) is 0 Å². The summed E-state index contributed by atoms with van der Waals surface area (Å²) in [5.41, 5.74) is 2.82. The molecule has 0 aliphatic heterocycles. The number of aromatic nitrogens is 2. The number of aliphatic hydroxyl groups is 1. The van der Waals surface area contributed by atoms with E-state index in [1.807, 2.05) is 30.3 Å². The molecule has 1 aliphatic rings. The number of fused-ring (bicyclic) bond motifs is 1. The molecule has 27 heavy (non-hydrogen) atoms. The van der Waals surface area contributed by atoms with Crippen molar-refractivity contribution >= 4 is 17.0 Å². The summed E-state index contributed by atoms with van der Waals surface area (Å²) in [7, 11) is 0. The van der Waals surface area contributed by atoms with Crippen molar-refractivity contribution in [2.45, 2.75) is 31.7 Å². The third kappa shape index (κ3) is 3.40. The molecule has 1 fully saturated rings. The minimum Gasteiger partial charge on any atom is -0.491 e. The molecule has 4 rings (SSSR count).